The van der Waals surface area contributed by atoms with E-state index >= 15 is 0 Å². The molecule has 0 fully saturated rings. The Morgan fingerprint density at radius 2 is 1.27 bits per heavy atom. The molecule has 1 heterocycles. The summed E-state index contributed by atoms with van der Waals surface area (Å²) in [4.78, 5) is 0. The predicted molar refractivity (Wildman–Crippen MR) is 110 cm³/mol. The van der Waals surface area contributed by atoms with Crippen molar-refractivity contribution in [1.82, 2.24) is 4.57 Å². The largest absolute Gasteiger partial charge is 0.341 e. The molecule has 0 radical (unpaired) electrons. The Balaban J connectivity index is 0.000000207. The maximum absolute atomic E-state index is 4.89. The van der Waals surface area contributed by atoms with Gasteiger partial charge in [-0.2, -0.15) is 18.2 Å². The molecule has 0 aliphatic heterocycles. The first-order valence-electron chi connectivity index (χ1n) is 8.17. The number of benzene rings is 2. The molecule has 0 saturated heterocycles. The van der Waals surface area contributed by atoms with Crippen LogP contribution < -0.4 is 0 Å². The van der Waals surface area contributed by atoms with Crippen molar-refractivity contribution in [2.24, 2.45) is 0 Å². The Morgan fingerprint density at radius 1 is 0.731 bits per heavy atom. The number of fused-ring (bicyclic) bond motifs is 2. The van der Waals surface area contributed by atoms with Crippen LogP contribution in [0.5, 0.6) is 0 Å². The molecule has 0 saturated carbocycles. The third-order valence-electron chi connectivity index (χ3n) is 4.01. The van der Waals surface area contributed by atoms with Crippen molar-refractivity contribution in [1.29, 1.82) is 0 Å². The minimum Gasteiger partial charge on any atom is -0.341 e. The second-order valence-corrected chi connectivity index (χ2v) is 8.25. The van der Waals surface area contributed by atoms with E-state index in [1.165, 1.54) is 27.2 Å². The zero-order chi connectivity index (χ0) is 18.2. The van der Waals surface area contributed by atoms with E-state index in [2.05, 4.69) is 77.6 Å². The van der Waals surface area contributed by atoms with Gasteiger partial charge in [-0.1, -0.05) is 30.3 Å². The minimum atomic E-state index is -0.556. The molecule has 1 nitrogen and oxygen atoms in total. The Labute approximate surface area is 170 Å². The molecule has 0 aliphatic rings. The maximum atomic E-state index is 4.89. The van der Waals surface area contributed by atoms with Crippen LogP contribution in [-0.2, 0) is 17.0 Å². The van der Waals surface area contributed by atoms with E-state index in [0.29, 0.717) is 0 Å². The summed E-state index contributed by atoms with van der Waals surface area (Å²) in [6.45, 7) is 0. The molecule has 0 N–H and O–H groups in total. The van der Waals surface area contributed by atoms with Crippen molar-refractivity contribution in [2.45, 2.75) is 0 Å². The van der Waals surface area contributed by atoms with Crippen molar-refractivity contribution in [3.63, 3.8) is 0 Å². The standard InChI is InChI=1S/C17H12N.C5H5.2ClH.Ti/c1-2-6-14-10-17(9-13(14)5-1)18-11-15-7-3-4-8-16(15)12-18;1-2-4-5-3-1;;;/h1-12H;1-5H;2*1H;/q2*-1;;;+2/p-2. The van der Waals surface area contributed by atoms with E-state index in [-0.39, 0.29) is 0 Å². The van der Waals surface area contributed by atoms with Gasteiger partial charge in [0.2, 0.25) is 0 Å². The quantitative estimate of drug-likeness (QED) is 0.201. The molecule has 5 aromatic rings. The molecule has 0 aliphatic carbocycles. The molecule has 0 amide bonds. The van der Waals surface area contributed by atoms with Gasteiger partial charge in [0.25, 0.3) is 0 Å². The number of rotatable bonds is 1. The van der Waals surface area contributed by atoms with Gasteiger partial charge in [0.05, 0.1) is 0 Å². The number of aromatic nitrogens is 1. The van der Waals surface area contributed by atoms with Gasteiger partial charge >= 0.3 is 35.6 Å². The first-order valence-corrected chi connectivity index (χ1v) is 12.5. The molecule has 0 spiro atoms. The summed E-state index contributed by atoms with van der Waals surface area (Å²) in [5.74, 6) is 0. The van der Waals surface area contributed by atoms with Crippen LogP contribution in [0.2, 0.25) is 0 Å². The van der Waals surface area contributed by atoms with Crippen LogP contribution in [0.25, 0.3) is 27.2 Å². The molecule has 26 heavy (non-hydrogen) atoms. The van der Waals surface area contributed by atoms with Crippen LogP contribution in [0.3, 0.4) is 0 Å². The second-order valence-electron chi connectivity index (χ2n) is 5.67. The van der Waals surface area contributed by atoms with E-state index in [1.807, 2.05) is 30.3 Å². The number of hydrogen-bond acceptors (Lipinski definition) is 0. The van der Waals surface area contributed by atoms with Gasteiger partial charge in [-0.15, -0.1) is 41.1 Å². The van der Waals surface area contributed by atoms with Gasteiger partial charge in [0, 0.05) is 12.4 Å². The smallest absolute Gasteiger partial charge is 0.0149 e. The van der Waals surface area contributed by atoms with E-state index < -0.39 is 17.0 Å². The Morgan fingerprint density at radius 3 is 1.77 bits per heavy atom. The second kappa shape index (κ2) is 9.80. The van der Waals surface area contributed by atoms with Gasteiger partial charge in [0.1, 0.15) is 0 Å². The monoisotopic (exact) mass is 413 g/mol. The summed E-state index contributed by atoms with van der Waals surface area (Å²) in [5.41, 5.74) is 1.23. The summed E-state index contributed by atoms with van der Waals surface area (Å²) in [5, 5.41) is 5.15. The van der Waals surface area contributed by atoms with Gasteiger partial charge in [-0.05, 0) is 16.5 Å². The van der Waals surface area contributed by atoms with Crippen molar-refractivity contribution >= 4 is 40.2 Å². The predicted octanol–water partition coefficient (Wildman–Crippen LogP) is 7.28. The normalized spacial score (nSPS) is 9.92. The summed E-state index contributed by atoms with van der Waals surface area (Å²) in [6, 6.07) is 31.4. The number of hydrogen-bond donors (Lipinski definition) is 0. The third kappa shape index (κ3) is 4.90. The molecular weight excluding hydrogens is 397 g/mol. The van der Waals surface area contributed by atoms with Crippen molar-refractivity contribution in [3.05, 3.63) is 103 Å². The molecule has 130 valence electrons. The van der Waals surface area contributed by atoms with E-state index in [9.17, 15) is 0 Å². The Kier molecular flexibility index (Phi) is 7.17. The molecule has 4 aromatic carbocycles. The first kappa shape index (κ1) is 19.0. The van der Waals surface area contributed by atoms with Gasteiger partial charge < -0.3 is 4.57 Å². The van der Waals surface area contributed by atoms with Crippen LogP contribution >= 0.6 is 18.6 Å². The van der Waals surface area contributed by atoms with Crippen molar-refractivity contribution < 1.29 is 17.0 Å². The van der Waals surface area contributed by atoms with Gasteiger partial charge in [-0.3, -0.25) is 0 Å². The third-order valence-corrected chi connectivity index (χ3v) is 4.01. The SMILES string of the molecule is [Cl][Ti][Cl].c1cc[cH-]c1.c1ccc2cn(-c3cc4ccccc4[cH-]3)cc2c1. The van der Waals surface area contributed by atoms with Gasteiger partial charge in [-0.25, -0.2) is 12.1 Å². The fraction of sp³-hybridized carbons (Fsp3) is 0. The zero-order valence-electron chi connectivity index (χ0n) is 14.0. The minimum absolute atomic E-state index is 0.556. The number of halogens is 2. The van der Waals surface area contributed by atoms with Crippen LogP contribution in [0.4, 0.5) is 0 Å². The molecule has 1 aromatic heterocycles. The fourth-order valence-corrected chi connectivity index (χ4v) is 2.84. The average molecular weight is 414 g/mol. The van der Waals surface area contributed by atoms with Crippen molar-refractivity contribution in [2.75, 3.05) is 0 Å². The van der Waals surface area contributed by atoms with Crippen LogP contribution in [0, 0.1) is 0 Å². The summed E-state index contributed by atoms with van der Waals surface area (Å²) >= 11 is -0.556. The first-order chi connectivity index (χ1) is 12.8. The molecular formula is C22H17Cl2NTi-2. The van der Waals surface area contributed by atoms with Crippen LogP contribution in [0.15, 0.2) is 103 Å². The van der Waals surface area contributed by atoms with E-state index in [4.69, 9.17) is 18.6 Å². The Bertz CT molecular complexity index is 889. The Hall–Kier alpha value is -1.77. The van der Waals surface area contributed by atoms with Gasteiger partial charge in [0.15, 0.2) is 0 Å². The molecule has 0 bridgehead atoms. The van der Waals surface area contributed by atoms with E-state index in [0.717, 1.165) is 0 Å². The summed E-state index contributed by atoms with van der Waals surface area (Å²) in [6.07, 6.45) is 4.37. The molecule has 0 atom stereocenters. The zero-order valence-corrected chi connectivity index (χ0v) is 17.1. The summed E-state index contributed by atoms with van der Waals surface area (Å²) < 4.78 is 2.20. The molecule has 4 heteroatoms. The van der Waals surface area contributed by atoms with E-state index in [1.54, 1.807) is 0 Å². The summed E-state index contributed by atoms with van der Waals surface area (Å²) in [7, 11) is 9.78. The van der Waals surface area contributed by atoms with Crippen LogP contribution in [0.1, 0.15) is 0 Å². The topological polar surface area (TPSA) is 4.93 Å². The molecule has 0 unspecified atom stereocenters. The van der Waals surface area contributed by atoms with Crippen molar-refractivity contribution in [3.8, 4) is 5.69 Å². The maximum Gasteiger partial charge on any atom is 0.0149 e. The number of nitrogens with zero attached hydrogens (tertiary/aromatic N) is 1. The molecule has 5 rings (SSSR count). The fourth-order valence-electron chi connectivity index (χ4n) is 2.84. The van der Waals surface area contributed by atoms with Crippen LogP contribution in [-0.4, -0.2) is 4.57 Å². The average Bonchev–Trinajstić information content (AvgIpc) is 3.42.